The molecule has 7 nitrogen and oxygen atoms in total. The van der Waals surface area contributed by atoms with E-state index in [1.54, 1.807) is 0 Å². The van der Waals surface area contributed by atoms with E-state index in [0.717, 1.165) is 19.5 Å². The maximum Gasteiger partial charge on any atom is 0.529 e. The van der Waals surface area contributed by atoms with Crippen LogP contribution in [0.1, 0.15) is 13.3 Å². The van der Waals surface area contributed by atoms with Crippen molar-refractivity contribution in [3.8, 4) is 0 Å². The van der Waals surface area contributed by atoms with Crippen molar-refractivity contribution >= 4 is 14.8 Å². The highest BCUT2D eigenvalue weighted by Gasteiger charge is 2.52. The molecule has 1 atom stereocenters. The first-order valence-corrected chi connectivity index (χ1v) is 8.09. The number of nitrogens with one attached hydrogen (secondary N) is 2. The minimum atomic E-state index is -3.11. The second-order valence-electron chi connectivity index (χ2n) is 3.88. The van der Waals surface area contributed by atoms with Gasteiger partial charge in [0.2, 0.25) is 0 Å². The van der Waals surface area contributed by atoms with Gasteiger partial charge in [-0.1, -0.05) is 6.92 Å². The van der Waals surface area contributed by atoms with Crippen molar-refractivity contribution in [1.82, 2.24) is 10.6 Å². The van der Waals surface area contributed by atoms with E-state index in [1.165, 1.54) is 28.4 Å². The Bertz CT molecular complexity index is 243. The number of rotatable bonds is 11. The zero-order valence-electron chi connectivity index (χ0n) is 12.4. The Morgan fingerprint density at radius 1 is 1.05 bits per heavy atom. The van der Waals surface area contributed by atoms with Gasteiger partial charge in [-0.05, 0) is 13.0 Å². The molecule has 0 aliphatic heterocycles. The summed E-state index contributed by atoms with van der Waals surface area (Å²) in [6.45, 7) is 4.36. The molecule has 0 aromatic carbocycles. The maximum absolute atomic E-state index is 11.8. The van der Waals surface area contributed by atoms with E-state index in [4.69, 9.17) is 18.0 Å². The van der Waals surface area contributed by atoms with Crippen LogP contribution < -0.4 is 10.6 Å². The molecule has 2 N–H and O–H groups in total. The maximum atomic E-state index is 11.8. The lowest BCUT2D eigenvalue weighted by Gasteiger charge is -2.31. The lowest BCUT2D eigenvalue weighted by atomic mass is 10.4. The Morgan fingerprint density at radius 3 is 2.05 bits per heavy atom. The van der Waals surface area contributed by atoms with Gasteiger partial charge >= 0.3 is 14.8 Å². The van der Waals surface area contributed by atoms with Crippen molar-refractivity contribution in [3.05, 3.63) is 0 Å². The molecular weight excluding hydrogens is 268 g/mol. The molecule has 0 aliphatic carbocycles. The van der Waals surface area contributed by atoms with Crippen LogP contribution in [0.4, 0.5) is 0 Å². The van der Waals surface area contributed by atoms with Crippen molar-refractivity contribution < 1.29 is 22.8 Å². The number of methoxy groups -OCH3 is 1. The third-order valence-corrected chi connectivity index (χ3v) is 5.58. The largest absolute Gasteiger partial charge is 0.529 e. The molecule has 0 saturated carbocycles. The van der Waals surface area contributed by atoms with E-state index >= 15 is 0 Å². The summed E-state index contributed by atoms with van der Waals surface area (Å²) in [4.78, 5) is 11.8. The van der Waals surface area contributed by atoms with Gasteiger partial charge in [0.05, 0.1) is 7.11 Å². The minimum absolute atomic E-state index is 0.451. The summed E-state index contributed by atoms with van der Waals surface area (Å²) in [5.41, 5.74) is -0.735. The highest BCUT2D eigenvalue weighted by atomic mass is 28.4. The van der Waals surface area contributed by atoms with Gasteiger partial charge in [-0.15, -0.1) is 0 Å². The zero-order valence-corrected chi connectivity index (χ0v) is 13.4. The van der Waals surface area contributed by atoms with E-state index in [2.05, 4.69) is 17.6 Å². The third-order valence-electron chi connectivity index (χ3n) is 2.72. The van der Waals surface area contributed by atoms with Gasteiger partial charge in [-0.25, -0.2) is 0 Å². The fraction of sp³-hybridized carbons (Fsp3) is 0.909. The summed E-state index contributed by atoms with van der Waals surface area (Å²) in [6.07, 6.45) is 1.06. The van der Waals surface area contributed by atoms with Gasteiger partial charge < -0.3 is 23.3 Å². The molecule has 0 saturated heterocycles. The van der Waals surface area contributed by atoms with E-state index < -0.39 is 20.4 Å². The van der Waals surface area contributed by atoms with Crippen LogP contribution in [-0.2, 0) is 22.8 Å². The molecule has 19 heavy (non-hydrogen) atoms. The molecule has 0 aromatic rings. The van der Waals surface area contributed by atoms with Gasteiger partial charge in [-0.2, -0.15) is 0 Å². The molecule has 0 amide bonds. The van der Waals surface area contributed by atoms with Gasteiger partial charge in [-0.3, -0.25) is 10.1 Å². The first-order valence-electron chi connectivity index (χ1n) is 6.29. The molecule has 114 valence electrons. The van der Waals surface area contributed by atoms with Crippen LogP contribution in [0.3, 0.4) is 0 Å². The van der Waals surface area contributed by atoms with Gasteiger partial charge in [0, 0.05) is 34.4 Å². The second-order valence-corrected chi connectivity index (χ2v) is 6.89. The van der Waals surface area contributed by atoms with Crippen molar-refractivity contribution in [2.24, 2.45) is 0 Å². The van der Waals surface area contributed by atoms with Gasteiger partial charge in [0.1, 0.15) is 0 Å². The quantitative estimate of drug-likeness (QED) is 0.303. The van der Waals surface area contributed by atoms with Crippen LogP contribution in [0.15, 0.2) is 0 Å². The Kier molecular flexibility index (Phi) is 10.0. The van der Waals surface area contributed by atoms with E-state index in [1.807, 2.05) is 0 Å². The van der Waals surface area contributed by atoms with Crippen LogP contribution in [0.25, 0.3) is 0 Å². The number of carbonyl (C=O) groups is 1. The first-order chi connectivity index (χ1) is 9.11. The molecule has 0 aromatic heterocycles. The van der Waals surface area contributed by atoms with Gasteiger partial charge in [0.15, 0.2) is 5.67 Å². The van der Waals surface area contributed by atoms with Crippen molar-refractivity contribution in [2.75, 3.05) is 48.1 Å². The lowest BCUT2D eigenvalue weighted by Crippen LogP contribution is -2.64. The fourth-order valence-electron chi connectivity index (χ4n) is 1.68. The number of hydrogen-bond donors (Lipinski definition) is 2. The predicted octanol–water partition coefficient (Wildman–Crippen LogP) is -0.465. The van der Waals surface area contributed by atoms with Crippen LogP contribution in [0.5, 0.6) is 0 Å². The summed E-state index contributed by atoms with van der Waals surface area (Å²) in [5, 5.41) is 6.30. The molecule has 0 aliphatic rings. The highest BCUT2D eigenvalue weighted by Crippen LogP contribution is 2.13. The molecule has 0 fully saturated rings. The van der Waals surface area contributed by atoms with Crippen LogP contribution in [0.2, 0.25) is 0 Å². The van der Waals surface area contributed by atoms with Crippen LogP contribution in [-0.4, -0.2) is 68.5 Å². The second kappa shape index (κ2) is 10.3. The Hall–Kier alpha value is -0.513. The lowest BCUT2D eigenvalue weighted by molar-refractivity contribution is -0.142. The number of hydrogen-bond acceptors (Lipinski definition) is 7. The summed E-state index contributed by atoms with van der Waals surface area (Å²) < 4.78 is 20.7. The summed E-state index contributed by atoms with van der Waals surface area (Å²) in [7, 11) is 2.61. The molecule has 0 bridgehead atoms. The molecule has 1 unspecified atom stereocenters. The summed E-state index contributed by atoms with van der Waals surface area (Å²) in [5.74, 6) is -0.451. The molecule has 0 rings (SSSR count). The molecule has 8 heteroatoms. The van der Waals surface area contributed by atoms with E-state index in [9.17, 15) is 4.79 Å². The smallest absolute Gasteiger partial charge is 0.468 e. The molecule has 0 heterocycles. The van der Waals surface area contributed by atoms with E-state index in [0.29, 0.717) is 6.54 Å². The number of ether oxygens (including phenoxy) is 1. The molecular formula is C11H26N2O5Si. The first kappa shape index (κ1) is 18.5. The van der Waals surface area contributed by atoms with Crippen molar-refractivity contribution in [2.45, 2.75) is 19.0 Å². The van der Waals surface area contributed by atoms with Crippen molar-refractivity contribution in [3.63, 3.8) is 0 Å². The highest BCUT2D eigenvalue weighted by molar-refractivity contribution is 6.66. The third kappa shape index (κ3) is 5.55. The SMILES string of the molecule is CCCNCCNC(C(=O)OC)[Si](OC)(OC)OC. The van der Waals surface area contributed by atoms with Crippen LogP contribution in [0, 0.1) is 0 Å². The predicted molar refractivity (Wildman–Crippen MR) is 73.7 cm³/mol. The Balaban J connectivity index is 4.57. The number of esters is 1. The Morgan fingerprint density at radius 2 is 1.63 bits per heavy atom. The molecule has 0 radical (unpaired) electrons. The summed E-state index contributed by atoms with van der Waals surface area (Å²) >= 11 is 0. The fourth-order valence-corrected chi connectivity index (χ4v) is 3.69. The van der Waals surface area contributed by atoms with Crippen LogP contribution >= 0.6 is 0 Å². The standard InChI is InChI=1S/C11H26N2O5Si/c1-6-7-12-8-9-13-10(11(14)15-2)19(16-3,17-4)18-5/h10,12-13H,6-9H2,1-5H3. The summed E-state index contributed by atoms with van der Waals surface area (Å²) in [6, 6.07) is 0. The van der Waals surface area contributed by atoms with Crippen molar-refractivity contribution in [1.29, 1.82) is 0 Å². The minimum Gasteiger partial charge on any atom is -0.468 e. The van der Waals surface area contributed by atoms with E-state index in [-0.39, 0.29) is 0 Å². The zero-order chi connectivity index (χ0) is 14.7. The monoisotopic (exact) mass is 294 g/mol. The number of carbonyl (C=O) groups excluding carboxylic acids is 1. The van der Waals surface area contributed by atoms with Gasteiger partial charge in [0.25, 0.3) is 0 Å². The topological polar surface area (TPSA) is 78.1 Å². The Labute approximate surface area is 116 Å². The normalized spacial score (nSPS) is 13.3. The molecule has 0 spiro atoms. The average Bonchev–Trinajstić information content (AvgIpc) is 2.46. The average molecular weight is 294 g/mol.